The number of aliphatic hydroxyl groups excluding tert-OH is 1. The van der Waals surface area contributed by atoms with Crippen LogP contribution < -0.4 is 15.7 Å². The predicted molar refractivity (Wildman–Crippen MR) is 115 cm³/mol. The summed E-state index contributed by atoms with van der Waals surface area (Å²) in [6.07, 6.45) is -4.96. The molecule has 176 valence electrons. The Balaban J connectivity index is 2.15. The fraction of sp³-hybridized carbons (Fsp3) is 0.500. The number of halogens is 2. The van der Waals surface area contributed by atoms with Gasteiger partial charge < -0.3 is 19.9 Å². The number of aromatic nitrogens is 2. The number of aryl methyl sites for hydroxylation is 2. The summed E-state index contributed by atoms with van der Waals surface area (Å²) in [6, 6.07) is 4.90. The number of carbonyl (C=O) groups excluding carboxylic acids is 1. The van der Waals surface area contributed by atoms with Crippen molar-refractivity contribution < 1.29 is 28.2 Å². The van der Waals surface area contributed by atoms with Gasteiger partial charge in [0, 0.05) is 11.8 Å². The molecule has 0 fully saturated rings. The van der Waals surface area contributed by atoms with Gasteiger partial charge in [-0.2, -0.15) is 4.98 Å². The summed E-state index contributed by atoms with van der Waals surface area (Å²) in [5.74, 6) is 0.184. The molecule has 2 rings (SSSR count). The number of hydrogen-bond acceptors (Lipinski definition) is 6. The molecule has 1 aromatic heterocycles. The van der Waals surface area contributed by atoms with Crippen LogP contribution >= 0.6 is 0 Å². The average molecular weight is 453 g/mol. The minimum absolute atomic E-state index is 0.0279. The van der Waals surface area contributed by atoms with E-state index in [1.54, 1.807) is 13.0 Å². The molecule has 0 radical (unpaired) electrons. The Morgan fingerprint density at radius 1 is 1.25 bits per heavy atom. The van der Waals surface area contributed by atoms with E-state index in [0.717, 1.165) is 22.1 Å². The first-order chi connectivity index (χ1) is 15.0. The second-order valence-corrected chi connectivity index (χ2v) is 7.50. The molecule has 0 aliphatic carbocycles. The fourth-order valence-electron chi connectivity index (χ4n) is 3.05. The molecule has 2 aromatic rings. The van der Waals surface area contributed by atoms with Crippen molar-refractivity contribution >= 4 is 11.7 Å². The SMILES string of the molecule is CCCOc1cc(C(=O)Nc2ccn(C(C)OC(C)C(O)C(F)F)c(=O)n2)c(C)cc1C. The molecule has 3 atom stereocenters. The number of alkyl halides is 2. The van der Waals surface area contributed by atoms with Gasteiger partial charge >= 0.3 is 5.69 Å². The molecule has 2 N–H and O–H groups in total. The molecule has 1 heterocycles. The molecule has 32 heavy (non-hydrogen) atoms. The third kappa shape index (κ3) is 6.33. The van der Waals surface area contributed by atoms with Crippen LogP contribution in [-0.4, -0.2) is 45.8 Å². The Hall–Kier alpha value is -2.85. The number of rotatable bonds is 10. The van der Waals surface area contributed by atoms with Crippen LogP contribution in [0.25, 0.3) is 0 Å². The highest BCUT2D eigenvalue weighted by Gasteiger charge is 2.26. The predicted octanol–water partition coefficient (Wildman–Crippen LogP) is 3.45. The number of nitrogens with one attached hydrogen (secondary N) is 1. The third-order valence-corrected chi connectivity index (χ3v) is 4.84. The van der Waals surface area contributed by atoms with E-state index in [2.05, 4.69) is 10.3 Å². The lowest BCUT2D eigenvalue weighted by molar-refractivity contribution is -0.132. The first-order valence-corrected chi connectivity index (χ1v) is 10.3. The van der Waals surface area contributed by atoms with E-state index in [1.165, 1.54) is 26.1 Å². The number of amides is 1. The monoisotopic (exact) mass is 453 g/mol. The molecule has 0 spiro atoms. The van der Waals surface area contributed by atoms with E-state index in [4.69, 9.17) is 9.47 Å². The normalized spacial score (nSPS) is 14.2. The zero-order valence-electron chi connectivity index (χ0n) is 18.8. The molecule has 0 bridgehead atoms. The van der Waals surface area contributed by atoms with E-state index in [1.807, 2.05) is 19.9 Å². The smallest absolute Gasteiger partial charge is 0.351 e. The molecular weight excluding hydrogens is 424 g/mol. The minimum atomic E-state index is -2.97. The van der Waals surface area contributed by atoms with E-state index in [-0.39, 0.29) is 5.82 Å². The van der Waals surface area contributed by atoms with Crippen LogP contribution in [0.1, 0.15) is 54.9 Å². The van der Waals surface area contributed by atoms with Crippen LogP contribution in [0.3, 0.4) is 0 Å². The van der Waals surface area contributed by atoms with Gasteiger partial charge in [-0.25, -0.2) is 13.6 Å². The lowest BCUT2D eigenvalue weighted by Crippen LogP contribution is -2.36. The van der Waals surface area contributed by atoms with Crippen molar-refractivity contribution in [2.75, 3.05) is 11.9 Å². The second-order valence-electron chi connectivity index (χ2n) is 7.50. The van der Waals surface area contributed by atoms with Crippen molar-refractivity contribution in [3.05, 3.63) is 51.6 Å². The summed E-state index contributed by atoms with van der Waals surface area (Å²) in [5, 5.41) is 12.0. The van der Waals surface area contributed by atoms with Crippen molar-refractivity contribution in [3.8, 4) is 5.75 Å². The number of carbonyl (C=O) groups is 1. The number of hydrogen-bond donors (Lipinski definition) is 2. The van der Waals surface area contributed by atoms with E-state index >= 15 is 0 Å². The largest absolute Gasteiger partial charge is 0.493 e. The standard InChI is InChI=1S/C22H29F2N3O5/c1-6-9-31-17-11-16(12(2)10-13(17)3)21(29)25-18-7-8-27(22(30)26-18)15(5)32-14(4)19(28)20(23)24/h7-8,10-11,14-15,19-20,28H,6,9H2,1-5H3,(H,25,26,29,30). The maximum Gasteiger partial charge on any atom is 0.351 e. The van der Waals surface area contributed by atoms with E-state index < -0.39 is 36.5 Å². The number of anilines is 1. The lowest BCUT2D eigenvalue weighted by atomic mass is 10.0. The lowest BCUT2D eigenvalue weighted by Gasteiger charge is -2.24. The van der Waals surface area contributed by atoms with E-state index in [0.29, 0.717) is 17.9 Å². The van der Waals surface area contributed by atoms with Gasteiger partial charge in [-0.1, -0.05) is 13.0 Å². The molecule has 0 aliphatic rings. The van der Waals surface area contributed by atoms with Gasteiger partial charge in [0.25, 0.3) is 12.3 Å². The van der Waals surface area contributed by atoms with Gasteiger partial charge in [0.1, 0.15) is 23.9 Å². The highest BCUT2D eigenvalue weighted by atomic mass is 19.3. The maximum atomic E-state index is 12.7. The summed E-state index contributed by atoms with van der Waals surface area (Å²) in [6.45, 7) is 8.94. The molecular formula is C22H29F2N3O5. The molecule has 3 unspecified atom stereocenters. The summed E-state index contributed by atoms with van der Waals surface area (Å²) in [7, 11) is 0. The summed E-state index contributed by atoms with van der Waals surface area (Å²) >= 11 is 0. The number of ether oxygens (including phenoxy) is 2. The number of nitrogens with zero attached hydrogens (tertiary/aromatic N) is 2. The average Bonchev–Trinajstić information content (AvgIpc) is 2.72. The Morgan fingerprint density at radius 3 is 2.53 bits per heavy atom. The zero-order valence-corrected chi connectivity index (χ0v) is 18.8. The summed E-state index contributed by atoms with van der Waals surface area (Å²) in [4.78, 5) is 28.9. The highest BCUT2D eigenvalue weighted by Crippen LogP contribution is 2.24. The molecule has 1 aromatic carbocycles. The van der Waals surface area contributed by atoms with Crippen LogP contribution in [0.5, 0.6) is 5.75 Å². The van der Waals surface area contributed by atoms with Crippen molar-refractivity contribution in [2.24, 2.45) is 0 Å². The third-order valence-electron chi connectivity index (χ3n) is 4.84. The van der Waals surface area contributed by atoms with Gasteiger partial charge in [-0.15, -0.1) is 0 Å². The Labute approximate surface area is 185 Å². The molecule has 10 heteroatoms. The van der Waals surface area contributed by atoms with Crippen LogP contribution in [0.4, 0.5) is 14.6 Å². The Bertz CT molecular complexity index is 996. The van der Waals surface area contributed by atoms with Crippen molar-refractivity contribution in [1.82, 2.24) is 9.55 Å². The van der Waals surface area contributed by atoms with Gasteiger partial charge in [0.2, 0.25) is 0 Å². The molecule has 1 amide bonds. The number of aliphatic hydroxyl groups is 1. The zero-order chi connectivity index (χ0) is 24.0. The van der Waals surface area contributed by atoms with Crippen LogP contribution in [0, 0.1) is 13.8 Å². The van der Waals surface area contributed by atoms with Gasteiger partial charge in [-0.05, 0) is 57.4 Å². The molecule has 0 saturated carbocycles. The Morgan fingerprint density at radius 2 is 1.94 bits per heavy atom. The topological polar surface area (TPSA) is 103 Å². The van der Waals surface area contributed by atoms with Crippen LogP contribution in [0.2, 0.25) is 0 Å². The summed E-state index contributed by atoms with van der Waals surface area (Å²) in [5.41, 5.74) is 1.29. The Kier molecular flexibility index (Phi) is 8.85. The second kappa shape index (κ2) is 11.1. The molecule has 8 nitrogen and oxygen atoms in total. The highest BCUT2D eigenvalue weighted by molar-refractivity contribution is 6.05. The van der Waals surface area contributed by atoms with Crippen molar-refractivity contribution in [3.63, 3.8) is 0 Å². The quantitative estimate of drug-likeness (QED) is 0.571. The van der Waals surface area contributed by atoms with Gasteiger partial charge in [-0.3, -0.25) is 9.36 Å². The van der Waals surface area contributed by atoms with Gasteiger partial charge in [0.15, 0.2) is 0 Å². The molecule has 0 saturated heterocycles. The maximum absolute atomic E-state index is 12.7. The first-order valence-electron chi connectivity index (χ1n) is 10.3. The summed E-state index contributed by atoms with van der Waals surface area (Å²) < 4.78 is 37.2. The van der Waals surface area contributed by atoms with Gasteiger partial charge in [0.05, 0.1) is 12.7 Å². The number of benzene rings is 1. The fourth-order valence-corrected chi connectivity index (χ4v) is 3.05. The van der Waals surface area contributed by atoms with Crippen LogP contribution in [-0.2, 0) is 4.74 Å². The molecule has 0 aliphatic heterocycles. The van der Waals surface area contributed by atoms with E-state index in [9.17, 15) is 23.5 Å². The van der Waals surface area contributed by atoms with Crippen molar-refractivity contribution in [2.45, 2.75) is 65.9 Å². The van der Waals surface area contributed by atoms with Crippen LogP contribution in [0.15, 0.2) is 29.2 Å². The van der Waals surface area contributed by atoms with Crippen molar-refractivity contribution in [1.29, 1.82) is 0 Å². The first kappa shape index (κ1) is 25.4. The minimum Gasteiger partial charge on any atom is -0.493 e.